The van der Waals surface area contributed by atoms with Crippen molar-refractivity contribution in [3.63, 3.8) is 0 Å². The van der Waals surface area contributed by atoms with Gasteiger partial charge in [-0.3, -0.25) is 9.80 Å². The summed E-state index contributed by atoms with van der Waals surface area (Å²) in [6.07, 6.45) is -4.90. The van der Waals surface area contributed by atoms with Crippen LogP contribution in [0.1, 0.15) is 6.92 Å². The second-order valence-electron chi connectivity index (χ2n) is 2.88. The highest BCUT2D eigenvalue weighted by Gasteiger charge is 2.63. The second-order valence-corrected chi connectivity index (χ2v) is 2.88. The molecule has 1 aliphatic rings. The van der Waals surface area contributed by atoms with Gasteiger partial charge in [-0.1, -0.05) is 0 Å². The first-order valence-electron chi connectivity index (χ1n) is 3.80. The number of carbonyl (C=O) groups is 1. The predicted octanol–water partition coefficient (Wildman–Crippen LogP) is -1.04. The fourth-order valence-corrected chi connectivity index (χ4v) is 1.16. The van der Waals surface area contributed by atoms with Crippen LogP contribution >= 0.6 is 0 Å². The van der Waals surface area contributed by atoms with Crippen molar-refractivity contribution in [1.29, 1.82) is 0 Å². The van der Waals surface area contributed by atoms with E-state index < -0.39 is 23.9 Å². The third kappa shape index (κ3) is 1.56. The third-order valence-electron chi connectivity index (χ3n) is 1.89. The lowest BCUT2D eigenvalue weighted by Gasteiger charge is -2.21. The molecule has 1 saturated heterocycles. The largest absolute Gasteiger partial charge is 0.411 e. The van der Waals surface area contributed by atoms with E-state index in [0.717, 1.165) is 0 Å². The Morgan fingerprint density at radius 1 is 1.57 bits per heavy atom. The van der Waals surface area contributed by atoms with Crippen LogP contribution in [0.3, 0.4) is 0 Å². The Balaban J connectivity index is 2.97. The maximum absolute atomic E-state index is 12.2. The molecule has 5 nitrogen and oxygen atoms in total. The number of hydrogen-bond donors (Lipinski definition) is 3. The second kappa shape index (κ2) is 3.07. The molecule has 1 fully saturated rings. The minimum absolute atomic E-state index is 0.0890. The molecule has 1 heterocycles. The Bertz CT molecular complexity index is 253. The zero-order valence-corrected chi connectivity index (χ0v) is 7.17. The minimum atomic E-state index is -4.90. The van der Waals surface area contributed by atoms with Crippen LogP contribution in [0.2, 0.25) is 0 Å². The van der Waals surface area contributed by atoms with E-state index in [0.29, 0.717) is 5.01 Å². The number of halogens is 3. The summed E-state index contributed by atoms with van der Waals surface area (Å²) in [5.74, 6) is -4.82. The number of rotatable bonds is 1. The summed E-state index contributed by atoms with van der Waals surface area (Å²) >= 11 is 0. The summed E-state index contributed by atoms with van der Waals surface area (Å²) in [6, 6.07) is -2.68. The van der Waals surface area contributed by atoms with E-state index in [-0.39, 0.29) is 6.54 Å². The standard InChI is InChI=1S/C6H9F3N2O3/c1-2-11-4(12)5(13,14)3(10-11)6(7,8)9/h3,10,13-14H,2H2,1H3. The number of aliphatic hydroxyl groups is 2. The molecule has 0 spiro atoms. The molecule has 82 valence electrons. The summed E-state index contributed by atoms with van der Waals surface area (Å²) in [5, 5.41) is 18.4. The van der Waals surface area contributed by atoms with Crippen LogP contribution in [0.4, 0.5) is 13.2 Å². The first kappa shape index (κ1) is 11.2. The molecule has 1 amide bonds. The molecule has 3 N–H and O–H groups in total. The van der Waals surface area contributed by atoms with Gasteiger partial charge in [0.25, 0.3) is 11.7 Å². The number of carbonyl (C=O) groups excluding carboxylic acids is 1. The Labute approximate surface area is 77.1 Å². The number of hydrogen-bond acceptors (Lipinski definition) is 4. The first-order chi connectivity index (χ1) is 6.21. The van der Waals surface area contributed by atoms with Crippen molar-refractivity contribution < 1.29 is 28.2 Å². The molecule has 0 aliphatic carbocycles. The molecular formula is C6H9F3N2O3. The van der Waals surface area contributed by atoms with Crippen LogP contribution in [0.5, 0.6) is 0 Å². The van der Waals surface area contributed by atoms with Crippen LogP contribution in [0, 0.1) is 0 Å². The molecule has 1 unspecified atom stereocenters. The molecule has 0 saturated carbocycles. The summed E-state index contributed by atoms with van der Waals surface area (Å²) in [4.78, 5) is 11.0. The molecular weight excluding hydrogens is 205 g/mol. The van der Waals surface area contributed by atoms with Crippen LogP contribution in [0.15, 0.2) is 0 Å². The van der Waals surface area contributed by atoms with E-state index in [4.69, 9.17) is 10.2 Å². The maximum Gasteiger partial charge on any atom is 0.411 e. The Hall–Kier alpha value is -0.860. The van der Waals surface area contributed by atoms with Crippen molar-refractivity contribution in [3.05, 3.63) is 0 Å². The first-order valence-corrected chi connectivity index (χ1v) is 3.80. The average molecular weight is 214 g/mol. The summed E-state index contributed by atoms with van der Waals surface area (Å²) in [6.45, 7) is 1.31. The topological polar surface area (TPSA) is 72.8 Å². The maximum atomic E-state index is 12.2. The number of nitrogens with one attached hydrogen (secondary N) is 1. The SMILES string of the molecule is CCN1NC(C(F)(F)F)C(O)(O)C1=O. The van der Waals surface area contributed by atoms with Gasteiger partial charge in [-0.2, -0.15) is 13.2 Å². The van der Waals surface area contributed by atoms with E-state index in [1.165, 1.54) is 6.92 Å². The minimum Gasteiger partial charge on any atom is -0.357 e. The Morgan fingerprint density at radius 3 is 2.29 bits per heavy atom. The molecule has 0 bridgehead atoms. The smallest absolute Gasteiger partial charge is 0.357 e. The van der Waals surface area contributed by atoms with Gasteiger partial charge in [0.2, 0.25) is 0 Å². The van der Waals surface area contributed by atoms with Gasteiger partial charge < -0.3 is 10.2 Å². The van der Waals surface area contributed by atoms with E-state index in [9.17, 15) is 18.0 Å². The van der Waals surface area contributed by atoms with Gasteiger partial charge in [0.15, 0.2) is 6.04 Å². The van der Waals surface area contributed by atoms with Crippen LogP contribution < -0.4 is 5.43 Å². The lowest BCUT2D eigenvalue weighted by Crippen LogP contribution is -2.54. The molecule has 0 aromatic heterocycles. The highest BCUT2D eigenvalue weighted by molar-refractivity contribution is 5.85. The molecule has 0 radical (unpaired) electrons. The Kier molecular flexibility index (Phi) is 2.46. The van der Waals surface area contributed by atoms with Gasteiger partial charge in [-0.25, -0.2) is 5.43 Å². The summed E-state index contributed by atoms with van der Waals surface area (Å²) in [7, 11) is 0. The van der Waals surface area contributed by atoms with Crippen molar-refractivity contribution in [2.75, 3.05) is 6.54 Å². The predicted molar refractivity (Wildman–Crippen MR) is 37.5 cm³/mol. The van der Waals surface area contributed by atoms with Gasteiger partial charge in [0, 0.05) is 6.54 Å². The number of amides is 1. The van der Waals surface area contributed by atoms with E-state index in [1.807, 2.05) is 0 Å². The highest BCUT2D eigenvalue weighted by Crippen LogP contribution is 2.31. The molecule has 0 aromatic carbocycles. The molecule has 1 aliphatic heterocycles. The molecule has 14 heavy (non-hydrogen) atoms. The number of alkyl halides is 3. The number of nitrogens with zero attached hydrogens (tertiary/aromatic N) is 1. The quantitative estimate of drug-likeness (QED) is 0.488. The van der Waals surface area contributed by atoms with Gasteiger partial charge in [0.05, 0.1) is 0 Å². The molecule has 8 heteroatoms. The third-order valence-corrected chi connectivity index (χ3v) is 1.89. The lowest BCUT2D eigenvalue weighted by molar-refractivity contribution is -0.245. The van der Waals surface area contributed by atoms with Gasteiger partial charge in [-0.05, 0) is 6.92 Å². The lowest BCUT2D eigenvalue weighted by atomic mass is 10.1. The van der Waals surface area contributed by atoms with Crippen molar-refractivity contribution >= 4 is 5.91 Å². The van der Waals surface area contributed by atoms with Crippen molar-refractivity contribution in [2.24, 2.45) is 0 Å². The molecule has 1 atom stereocenters. The monoisotopic (exact) mass is 214 g/mol. The van der Waals surface area contributed by atoms with Crippen LogP contribution in [0.25, 0.3) is 0 Å². The average Bonchev–Trinajstić information content (AvgIpc) is 2.23. The van der Waals surface area contributed by atoms with Crippen molar-refractivity contribution in [1.82, 2.24) is 10.4 Å². The van der Waals surface area contributed by atoms with Crippen molar-refractivity contribution in [2.45, 2.75) is 24.9 Å². The zero-order valence-electron chi connectivity index (χ0n) is 7.17. The zero-order chi connectivity index (χ0) is 11.1. The Morgan fingerprint density at radius 2 is 2.07 bits per heavy atom. The van der Waals surface area contributed by atoms with Crippen molar-refractivity contribution in [3.8, 4) is 0 Å². The van der Waals surface area contributed by atoms with Crippen LogP contribution in [-0.4, -0.2) is 45.7 Å². The van der Waals surface area contributed by atoms with Gasteiger partial charge in [-0.15, -0.1) is 0 Å². The number of hydrazine groups is 1. The number of likely N-dealkylation sites (N-methyl/N-ethyl adjacent to an activating group) is 1. The van der Waals surface area contributed by atoms with E-state index in [2.05, 4.69) is 0 Å². The molecule has 0 aromatic rings. The van der Waals surface area contributed by atoms with E-state index >= 15 is 0 Å². The highest BCUT2D eigenvalue weighted by atomic mass is 19.4. The van der Waals surface area contributed by atoms with Gasteiger partial charge >= 0.3 is 6.18 Å². The summed E-state index contributed by atoms with van der Waals surface area (Å²) in [5.41, 5.74) is 1.68. The molecule has 1 rings (SSSR count). The normalized spacial score (nSPS) is 27.1. The fourth-order valence-electron chi connectivity index (χ4n) is 1.16. The van der Waals surface area contributed by atoms with Crippen LogP contribution in [-0.2, 0) is 4.79 Å². The van der Waals surface area contributed by atoms with E-state index in [1.54, 1.807) is 5.43 Å². The summed E-state index contributed by atoms with van der Waals surface area (Å²) < 4.78 is 36.5. The van der Waals surface area contributed by atoms with Gasteiger partial charge in [0.1, 0.15) is 0 Å². The fraction of sp³-hybridized carbons (Fsp3) is 0.833.